The molecule has 0 aliphatic heterocycles. The van der Waals surface area contributed by atoms with Gasteiger partial charge in [-0.05, 0) is 42.5 Å². The van der Waals surface area contributed by atoms with E-state index in [9.17, 15) is 4.39 Å². The summed E-state index contributed by atoms with van der Waals surface area (Å²) < 4.78 is 19.6. The second-order valence-corrected chi connectivity index (χ2v) is 4.57. The molecule has 2 aromatic rings. The number of nitrogens with zero attached hydrogens (tertiary/aromatic N) is 1. The van der Waals surface area contributed by atoms with Gasteiger partial charge < -0.3 is 4.74 Å². The van der Waals surface area contributed by atoms with E-state index >= 15 is 0 Å². The van der Waals surface area contributed by atoms with Gasteiger partial charge in [0.1, 0.15) is 18.2 Å². The molecule has 0 amide bonds. The molecule has 0 saturated carbocycles. The van der Waals surface area contributed by atoms with Gasteiger partial charge in [-0.25, -0.2) is 4.39 Å². The van der Waals surface area contributed by atoms with E-state index in [-0.39, 0.29) is 12.4 Å². The van der Waals surface area contributed by atoms with Gasteiger partial charge >= 0.3 is 0 Å². The third-order valence-corrected chi connectivity index (χ3v) is 2.92. The van der Waals surface area contributed by atoms with Crippen LogP contribution in [0.2, 0.25) is 0 Å². The molecule has 0 aliphatic rings. The maximum Gasteiger partial charge on any atom is 0.123 e. The van der Waals surface area contributed by atoms with Gasteiger partial charge in [0, 0.05) is 10.0 Å². The Kier molecular flexibility index (Phi) is 3.96. The van der Waals surface area contributed by atoms with Crippen LogP contribution in [0.5, 0.6) is 5.75 Å². The van der Waals surface area contributed by atoms with Crippen molar-refractivity contribution in [3.63, 3.8) is 0 Å². The van der Waals surface area contributed by atoms with E-state index in [0.29, 0.717) is 16.9 Å². The van der Waals surface area contributed by atoms with Crippen LogP contribution in [0, 0.1) is 17.1 Å². The Bertz CT molecular complexity index is 590. The number of hydrogen-bond acceptors (Lipinski definition) is 2. The van der Waals surface area contributed by atoms with Crippen LogP contribution >= 0.6 is 15.9 Å². The number of ether oxygens (including phenoxy) is 1. The van der Waals surface area contributed by atoms with E-state index in [1.54, 1.807) is 12.1 Å². The number of halogens is 2. The number of benzene rings is 2. The Balaban J connectivity index is 2.13. The summed E-state index contributed by atoms with van der Waals surface area (Å²) in [6, 6.07) is 13.4. The van der Waals surface area contributed by atoms with E-state index in [0.717, 1.165) is 4.47 Å². The highest BCUT2D eigenvalue weighted by atomic mass is 79.9. The molecular formula is C14H9BrFNO. The fourth-order valence-corrected chi connectivity index (χ4v) is 1.75. The van der Waals surface area contributed by atoms with Crippen LogP contribution < -0.4 is 4.74 Å². The SMILES string of the molecule is N#Cc1ccc(F)cc1COc1ccc(Br)cc1. The summed E-state index contributed by atoms with van der Waals surface area (Å²) >= 11 is 3.33. The van der Waals surface area contributed by atoms with Gasteiger partial charge in [-0.2, -0.15) is 5.26 Å². The quantitative estimate of drug-likeness (QED) is 0.857. The number of hydrogen-bond donors (Lipinski definition) is 0. The van der Waals surface area contributed by atoms with Crippen LogP contribution in [0.3, 0.4) is 0 Å². The van der Waals surface area contributed by atoms with E-state index < -0.39 is 0 Å². The average molecular weight is 306 g/mol. The lowest BCUT2D eigenvalue weighted by Crippen LogP contribution is -1.99. The molecule has 0 radical (unpaired) electrons. The predicted molar refractivity (Wildman–Crippen MR) is 69.6 cm³/mol. The third kappa shape index (κ3) is 3.08. The summed E-state index contributed by atoms with van der Waals surface area (Å²) in [5.74, 6) is 0.301. The largest absolute Gasteiger partial charge is 0.489 e. The molecule has 0 N–H and O–H groups in total. The molecule has 2 aromatic carbocycles. The Labute approximate surface area is 113 Å². The average Bonchev–Trinajstić information content (AvgIpc) is 2.38. The minimum absolute atomic E-state index is 0.169. The van der Waals surface area contributed by atoms with Crippen molar-refractivity contribution in [2.45, 2.75) is 6.61 Å². The van der Waals surface area contributed by atoms with Crippen molar-refractivity contribution in [1.82, 2.24) is 0 Å². The smallest absolute Gasteiger partial charge is 0.123 e. The molecule has 18 heavy (non-hydrogen) atoms. The monoisotopic (exact) mass is 305 g/mol. The van der Waals surface area contributed by atoms with Crippen LogP contribution in [-0.4, -0.2) is 0 Å². The summed E-state index contributed by atoms with van der Waals surface area (Å²) in [7, 11) is 0. The molecule has 0 spiro atoms. The van der Waals surface area contributed by atoms with Crippen molar-refractivity contribution in [2.24, 2.45) is 0 Å². The molecule has 0 saturated heterocycles. The molecule has 0 fully saturated rings. The fraction of sp³-hybridized carbons (Fsp3) is 0.0714. The molecular weight excluding hydrogens is 297 g/mol. The van der Waals surface area contributed by atoms with Crippen LogP contribution in [0.1, 0.15) is 11.1 Å². The normalized spacial score (nSPS) is 9.83. The summed E-state index contributed by atoms with van der Waals surface area (Å²) in [6.45, 7) is 0.169. The van der Waals surface area contributed by atoms with Gasteiger partial charge in [0.25, 0.3) is 0 Å². The topological polar surface area (TPSA) is 33.0 Å². The van der Waals surface area contributed by atoms with E-state index in [2.05, 4.69) is 15.9 Å². The lowest BCUT2D eigenvalue weighted by Gasteiger charge is -2.07. The maximum absolute atomic E-state index is 13.1. The molecule has 2 nitrogen and oxygen atoms in total. The van der Waals surface area contributed by atoms with Gasteiger partial charge in [0.05, 0.1) is 11.6 Å². The van der Waals surface area contributed by atoms with Crippen LogP contribution in [-0.2, 0) is 6.61 Å². The first-order valence-corrected chi connectivity index (χ1v) is 6.05. The van der Waals surface area contributed by atoms with Crippen molar-refractivity contribution in [3.8, 4) is 11.8 Å². The van der Waals surface area contributed by atoms with Crippen molar-refractivity contribution >= 4 is 15.9 Å². The zero-order valence-electron chi connectivity index (χ0n) is 9.36. The molecule has 0 bridgehead atoms. The second-order valence-electron chi connectivity index (χ2n) is 3.66. The van der Waals surface area contributed by atoms with Crippen LogP contribution in [0.4, 0.5) is 4.39 Å². The number of rotatable bonds is 3. The van der Waals surface area contributed by atoms with Gasteiger partial charge in [-0.15, -0.1) is 0 Å². The highest BCUT2D eigenvalue weighted by Crippen LogP contribution is 2.18. The molecule has 0 aromatic heterocycles. The summed E-state index contributed by atoms with van der Waals surface area (Å²) in [5, 5.41) is 8.91. The van der Waals surface area contributed by atoms with Gasteiger partial charge in [-0.3, -0.25) is 0 Å². The Morgan fingerprint density at radius 3 is 2.56 bits per heavy atom. The zero-order chi connectivity index (χ0) is 13.0. The molecule has 0 atom stereocenters. The first-order valence-electron chi connectivity index (χ1n) is 5.26. The fourth-order valence-electron chi connectivity index (χ4n) is 1.48. The summed E-state index contributed by atoms with van der Waals surface area (Å²) in [5.41, 5.74) is 0.967. The molecule has 90 valence electrons. The Morgan fingerprint density at radius 2 is 1.89 bits per heavy atom. The highest BCUT2D eigenvalue weighted by molar-refractivity contribution is 9.10. The van der Waals surface area contributed by atoms with E-state index in [1.165, 1.54) is 18.2 Å². The van der Waals surface area contributed by atoms with Crippen molar-refractivity contribution in [1.29, 1.82) is 5.26 Å². The minimum atomic E-state index is -0.372. The van der Waals surface area contributed by atoms with Crippen LogP contribution in [0.15, 0.2) is 46.9 Å². The standard InChI is InChI=1S/C14H9BrFNO/c15-12-2-5-14(6-3-12)18-9-11-7-13(16)4-1-10(11)8-17/h1-7H,9H2. The van der Waals surface area contributed by atoms with Gasteiger partial charge in [-0.1, -0.05) is 15.9 Å². The predicted octanol–water partition coefficient (Wildman–Crippen LogP) is 4.04. The lowest BCUT2D eigenvalue weighted by atomic mass is 10.1. The molecule has 0 unspecified atom stereocenters. The molecule has 4 heteroatoms. The van der Waals surface area contributed by atoms with E-state index in [4.69, 9.17) is 10.00 Å². The second kappa shape index (κ2) is 5.65. The lowest BCUT2D eigenvalue weighted by molar-refractivity contribution is 0.305. The summed E-state index contributed by atoms with van der Waals surface area (Å²) in [4.78, 5) is 0. The van der Waals surface area contributed by atoms with Crippen molar-refractivity contribution in [3.05, 3.63) is 63.9 Å². The van der Waals surface area contributed by atoms with E-state index in [1.807, 2.05) is 18.2 Å². The molecule has 2 rings (SSSR count). The summed E-state index contributed by atoms with van der Waals surface area (Å²) in [6.07, 6.45) is 0. The van der Waals surface area contributed by atoms with Crippen molar-refractivity contribution in [2.75, 3.05) is 0 Å². The maximum atomic E-state index is 13.1. The Hall–Kier alpha value is -1.86. The Morgan fingerprint density at radius 1 is 1.17 bits per heavy atom. The third-order valence-electron chi connectivity index (χ3n) is 2.40. The highest BCUT2D eigenvalue weighted by Gasteiger charge is 2.04. The molecule has 0 heterocycles. The van der Waals surface area contributed by atoms with Gasteiger partial charge in [0.2, 0.25) is 0 Å². The first kappa shape index (κ1) is 12.6. The zero-order valence-corrected chi connectivity index (χ0v) is 10.9. The molecule has 0 aliphatic carbocycles. The van der Waals surface area contributed by atoms with Gasteiger partial charge in [0.15, 0.2) is 0 Å². The number of nitriles is 1. The van der Waals surface area contributed by atoms with Crippen molar-refractivity contribution < 1.29 is 9.13 Å². The first-order chi connectivity index (χ1) is 8.69. The van der Waals surface area contributed by atoms with Crippen LogP contribution in [0.25, 0.3) is 0 Å². The minimum Gasteiger partial charge on any atom is -0.489 e.